The zero-order chi connectivity index (χ0) is 20.0. The highest BCUT2D eigenvalue weighted by Gasteiger charge is 2.14. The van der Waals surface area contributed by atoms with Gasteiger partial charge in [-0.05, 0) is 24.3 Å². The van der Waals surface area contributed by atoms with Crippen LogP contribution in [0.3, 0.4) is 0 Å². The van der Waals surface area contributed by atoms with Gasteiger partial charge in [-0.3, -0.25) is 4.79 Å². The average molecular weight is 420 g/mol. The second kappa shape index (κ2) is 9.05. The second-order valence-corrected chi connectivity index (χ2v) is 8.51. The van der Waals surface area contributed by atoms with Gasteiger partial charge in [-0.15, -0.1) is 11.3 Å². The summed E-state index contributed by atoms with van der Waals surface area (Å²) in [5, 5.41) is 5.47. The van der Waals surface area contributed by atoms with Crippen LogP contribution in [0.5, 0.6) is 0 Å². The summed E-state index contributed by atoms with van der Waals surface area (Å²) >= 11 is 1.49. The zero-order valence-corrected chi connectivity index (χ0v) is 16.4. The van der Waals surface area contributed by atoms with E-state index in [9.17, 15) is 17.6 Å². The number of hydrogen-bond donors (Lipinski definition) is 2. The van der Waals surface area contributed by atoms with Crippen LogP contribution in [0.15, 0.2) is 64.9 Å². The fourth-order valence-electron chi connectivity index (χ4n) is 2.38. The van der Waals surface area contributed by atoms with Crippen LogP contribution in [0.25, 0.3) is 10.6 Å². The minimum atomic E-state index is -3.77. The molecule has 0 aliphatic heterocycles. The topological polar surface area (TPSA) is 88.2 Å². The number of nitrogens with zero attached hydrogens (tertiary/aromatic N) is 1. The Kier molecular flexibility index (Phi) is 6.50. The molecule has 0 bridgehead atoms. The highest BCUT2D eigenvalue weighted by atomic mass is 32.2. The summed E-state index contributed by atoms with van der Waals surface area (Å²) in [5.74, 6) is -0.813. The van der Waals surface area contributed by atoms with E-state index in [1.54, 1.807) is 0 Å². The first-order chi connectivity index (χ1) is 13.4. The quantitative estimate of drug-likeness (QED) is 0.588. The van der Waals surface area contributed by atoms with Crippen molar-refractivity contribution in [2.24, 2.45) is 0 Å². The Bertz CT molecular complexity index is 1040. The molecular weight excluding hydrogens is 401 g/mol. The van der Waals surface area contributed by atoms with Gasteiger partial charge >= 0.3 is 0 Å². The first kappa shape index (κ1) is 20.1. The van der Waals surface area contributed by atoms with Crippen molar-refractivity contribution in [1.82, 2.24) is 15.0 Å². The van der Waals surface area contributed by atoms with Crippen LogP contribution in [-0.4, -0.2) is 25.9 Å². The largest absolute Gasteiger partial charge is 0.350 e. The lowest BCUT2D eigenvalue weighted by Gasteiger charge is -2.07. The monoisotopic (exact) mass is 419 g/mol. The van der Waals surface area contributed by atoms with E-state index in [4.69, 9.17) is 0 Å². The third-order valence-corrected chi connectivity index (χ3v) is 6.22. The van der Waals surface area contributed by atoms with Crippen molar-refractivity contribution in [2.45, 2.75) is 17.9 Å². The number of carbonyl (C=O) groups is 1. The van der Waals surface area contributed by atoms with E-state index in [1.165, 1.54) is 23.5 Å². The first-order valence-corrected chi connectivity index (χ1v) is 10.8. The first-order valence-electron chi connectivity index (χ1n) is 8.46. The number of thiazole rings is 1. The van der Waals surface area contributed by atoms with Crippen molar-refractivity contribution < 1.29 is 17.6 Å². The number of amides is 1. The van der Waals surface area contributed by atoms with Gasteiger partial charge in [0.1, 0.15) is 10.8 Å². The number of nitrogens with one attached hydrogen (secondary N) is 2. The van der Waals surface area contributed by atoms with Gasteiger partial charge in [0, 0.05) is 23.9 Å². The van der Waals surface area contributed by atoms with Crippen molar-refractivity contribution in [3.63, 3.8) is 0 Å². The lowest BCUT2D eigenvalue weighted by atomic mass is 10.2. The summed E-state index contributed by atoms with van der Waals surface area (Å²) in [4.78, 5) is 16.4. The van der Waals surface area contributed by atoms with Crippen LogP contribution in [0.4, 0.5) is 4.39 Å². The van der Waals surface area contributed by atoms with Crippen molar-refractivity contribution in [3.8, 4) is 10.6 Å². The standard InChI is InChI=1S/C19H18FN3O3S2/c20-15-6-8-17(9-7-15)28(25,26)22-11-10-18(24)21-12-16-13-27-19(23-16)14-4-2-1-3-5-14/h1-9,13,22H,10-12H2,(H,21,24). The highest BCUT2D eigenvalue weighted by Crippen LogP contribution is 2.23. The molecular formula is C19H18FN3O3S2. The van der Waals surface area contributed by atoms with Gasteiger partial charge in [0.2, 0.25) is 15.9 Å². The molecule has 0 radical (unpaired) electrons. The molecule has 0 aliphatic rings. The predicted molar refractivity (Wildman–Crippen MR) is 106 cm³/mol. The van der Waals surface area contributed by atoms with Gasteiger partial charge in [-0.25, -0.2) is 22.5 Å². The normalized spacial score (nSPS) is 11.3. The molecule has 0 saturated carbocycles. The average Bonchev–Trinajstić information content (AvgIpc) is 3.16. The molecule has 1 aromatic heterocycles. The Morgan fingerprint density at radius 1 is 1.07 bits per heavy atom. The summed E-state index contributed by atoms with van der Waals surface area (Å²) in [6, 6.07) is 14.2. The Labute approximate surface area is 166 Å². The van der Waals surface area contributed by atoms with Crippen molar-refractivity contribution in [1.29, 1.82) is 0 Å². The lowest BCUT2D eigenvalue weighted by molar-refractivity contribution is -0.121. The number of sulfonamides is 1. The van der Waals surface area contributed by atoms with E-state index in [2.05, 4.69) is 15.0 Å². The number of benzene rings is 2. The Hall–Kier alpha value is -2.62. The smallest absolute Gasteiger partial charge is 0.240 e. The molecule has 2 aromatic carbocycles. The maximum absolute atomic E-state index is 12.9. The van der Waals surface area contributed by atoms with Crippen LogP contribution < -0.4 is 10.0 Å². The molecule has 2 N–H and O–H groups in total. The van der Waals surface area contributed by atoms with Crippen LogP contribution in [0, 0.1) is 5.82 Å². The summed E-state index contributed by atoms with van der Waals surface area (Å²) in [7, 11) is -3.77. The number of halogens is 1. The van der Waals surface area contributed by atoms with Gasteiger partial charge in [-0.1, -0.05) is 30.3 Å². The summed E-state index contributed by atoms with van der Waals surface area (Å²) < 4.78 is 39.3. The summed E-state index contributed by atoms with van der Waals surface area (Å²) in [6.07, 6.45) is -0.0178. The fraction of sp³-hybridized carbons (Fsp3) is 0.158. The molecule has 1 heterocycles. The summed E-state index contributed by atoms with van der Waals surface area (Å²) in [5.41, 5.74) is 1.75. The maximum Gasteiger partial charge on any atom is 0.240 e. The number of rotatable bonds is 8. The van der Waals surface area contributed by atoms with Crippen LogP contribution in [-0.2, 0) is 21.4 Å². The van der Waals surface area contributed by atoms with E-state index in [0.717, 1.165) is 28.4 Å². The molecule has 28 heavy (non-hydrogen) atoms. The summed E-state index contributed by atoms with van der Waals surface area (Å²) in [6.45, 7) is 0.213. The Morgan fingerprint density at radius 2 is 1.79 bits per heavy atom. The molecule has 0 aliphatic carbocycles. The van der Waals surface area contributed by atoms with Crippen molar-refractivity contribution in [3.05, 3.63) is 71.5 Å². The van der Waals surface area contributed by atoms with E-state index >= 15 is 0 Å². The number of hydrogen-bond acceptors (Lipinski definition) is 5. The third kappa shape index (κ3) is 5.44. The van der Waals surface area contributed by atoms with Crippen molar-refractivity contribution >= 4 is 27.3 Å². The van der Waals surface area contributed by atoms with Crippen LogP contribution in [0.2, 0.25) is 0 Å². The number of carbonyl (C=O) groups excluding carboxylic acids is 1. The lowest BCUT2D eigenvalue weighted by Crippen LogP contribution is -2.30. The highest BCUT2D eigenvalue weighted by molar-refractivity contribution is 7.89. The molecule has 0 saturated heterocycles. The molecule has 0 atom stereocenters. The minimum Gasteiger partial charge on any atom is -0.350 e. The molecule has 3 aromatic rings. The molecule has 0 fully saturated rings. The Balaban J connectivity index is 1.45. The van der Waals surface area contributed by atoms with E-state index in [1.807, 2.05) is 35.7 Å². The third-order valence-electron chi connectivity index (χ3n) is 3.81. The van der Waals surface area contributed by atoms with Crippen LogP contribution in [0.1, 0.15) is 12.1 Å². The molecule has 1 amide bonds. The predicted octanol–water partition coefficient (Wildman–Crippen LogP) is 2.93. The van der Waals surface area contributed by atoms with Gasteiger partial charge in [0.25, 0.3) is 0 Å². The zero-order valence-electron chi connectivity index (χ0n) is 14.8. The van der Waals surface area contributed by atoms with E-state index in [0.29, 0.717) is 0 Å². The van der Waals surface area contributed by atoms with E-state index < -0.39 is 15.8 Å². The van der Waals surface area contributed by atoms with Gasteiger partial charge in [0.05, 0.1) is 17.1 Å². The molecule has 0 spiro atoms. The van der Waals surface area contributed by atoms with Crippen LogP contribution >= 0.6 is 11.3 Å². The number of aromatic nitrogens is 1. The van der Waals surface area contributed by atoms with Crippen molar-refractivity contribution in [2.75, 3.05) is 6.54 Å². The van der Waals surface area contributed by atoms with E-state index in [-0.39, 0.29) is 30.3 Å². The minimum absolute atomic E-state index is 0.0178. The van der Waals surface area contributed by atoms with Gasteiger partial charge < -0.3 is 5.32 Å². The van der Waals surface area contributed by atoms with Gasteiger partial charge in [-0.2, -0.15) is 0 Å². The fourth-order valence-corrected chi connectivity index (χ4v) is 4.23. The Morgan fingerprint density at radius 3 is 2.50 bits per heavy atom. The van der Waals surface area contributed by atoms with Gasteiger partial charge in [0.15, 0.2) is 0 Å². The second-order valence-electron chi connectivity index (χ2n) is 5.89. The molecule has 0 unspecified atom stereocenters. The molecule has 6 nitrogen and oxygen atoms in total. The maximum atomic E-state index is 12.9. The molecule has 3 rings (SSSR count). The SMILES string of the molecule is O=C(CCNS(=O)(=O)c1ccc(F)cc1)NCc1csc(-c2ccccc2)n1. The molecule has 9 heteroatoms. The molecule has 146 valence electrons.